The first-order valence-electron chi connectivity index (χ1n) is 0.775. The number of hydrogen-bond donors (Lipinski definition) is 3. The molecule has 0 amide bonds. The Labute approximate surface area is 60.6 Å². The Kier molecular flexibility index (Phi) is 9.96. The average Bonchev–Trinajstić information content (AvgIpc) is 0.811. The van der Waals surface area contributed by atoms with Gasteiger partial charge < -0.3 is 15.1 Å². The van der Waals surface area contributed by atoms with E-state index < -0.39 is 7.32 Å². The molecule has 0 fully saturated rings. The van der Waals surface area contributed by atoms with Gasteiger partial charge in [0.2, 0.25) is 0 Å². The van der Waals surface area contributed by atoms with Crippen molar-refractivity contribution in [3.63, 3.8) is 0 Å². The van der Waals surface area contributed by atoms with Crippen LogP contribution in [0.5, 0.6) is 0 Å². The van der Waals surface area contributed by atoms with E-state index in [0.29, 0.717) is 0 Å². The summed E-state index contributed by atoms with van der Waals surface area (Å²) >= 11 is 0. The summed E-state index contributed by atoms with van der Waals surface area (Å²) in [6.07, 6.45) is 0. The van der Waals surface area contributed by atoms with Crippen LogP contribution < -0.4 is 0 Å². The normalized spacial score (nSPS) is 5.40. The fourth-order valence-electron chi connectivity index (χ4n) is 0. The van der Waals surface area contributed by atoms with E-state index in [1.54, 1.807) is 0 Å². The van der Waals surface area contributed by atoms with Gasteiger partial charge in [0, 0.05) is 38.6 Å². The van der Waals surface area contributed by atoms with Crippen molar-refractivity contribution in [3.8, 4) is 0 Å². The molecule has 0 aromatic heterocycles. The molecule has 33 valence electrons. The van der Waals surface area contributed by atoms with Gasteiger partial charge in [0.05, 0.1) is 0 Å². The van der Waals surface area contributed by atoms with Gasteiger partial charge in [-0.05, 0) is 0 Å². The first-order chi connectivity index (χ1) is 1.73. The molecule has 0 aliphatic carbocycles. The largest absolute Gasteiger partial charge is 0.631 e. The Balaban J connectivity index is 0. The van der Waals surface area contributed by atoms with E-state index in [1.807, 2.05) is 0 Å². The fraction of sp³-hybridized carbons (Fsp3) is 0. The maximum Gasteiger partial charge on any atom is 0.631 e. The molecule has 1 radical (unpaired) electrons. The molecule has 0 saturated carbocycles. The van der Waals surface area contributed by atoms with E-state index >= 15 is 0 Å². The molecule has 3 nitrogen and oxygen atoms in total. The van der Waals surface area contributed by atoms with Crippen LogP contribution in [0, 0.1) is 38.6 Å². The first kappa shape index (κ1) is 9.52. The molecule has 0 rings (SSSR count). The minimum Gasteiger partial charge on any atom is -0.402 e. The van der Waals surface area contributed by atoms with Gasteiger partial charge in [0.1, 0.15) is 0 Å². The molecule has 0 aliphatic rings. The zero-order chi connectivity index (χ0) is 3.58. The minimum atomic E-state index is -2.17. The van der Waals surface area contributed by atoms with Crippen LogP contribution in [0.15, 0.2) is 0 Å². The quantitative estimate of drug-likeness (QED) is 0.412. The second kappa shape index (κ2) is 5.23. The van der Waals surface area contributed by atoms with E-state index in [2.05, 4.69) is 0 Å². The van der Waals surface area contributed by atoms with E-state index in [9.17, 15) is 0 Å². The topological polar surface area (TPSA) is 60.7 Å². The Hall–Kier alpha value is 1.23. The van der Waals surface area contributed by atoms with Gasteiger partial charge in [-0.3, -0.25) is 0 Å². The van der Waals surface area contributed by atoms with Crippen LogP contribution in [0.4, 0.5) is 0 Å². The van der Waals surface area contributed by atoms with Crippen LogP contribution >= 0.6 is 0 Å². The molecule has 0 saturated heterocycles. The third-order valence-corrected chi connectivity index (χ3v) is 0. The van der Waals surface area contributed by atoms with Crippen molar-refractivity contribution in [2.24, 2.45) is 0 Å². The molecule has 0 bridgehead atoms. The second-order valence-electron chi connectivity index (χ2n) is 0.346. The summed E-state index contributed by atoms with van der Waals surface area (Å²) in [5, 5.41) is 21.5. The molecule has 5 heavy (non-hydrogen) atoms. The average molecular weight is 221 g/mol. The van der Waals surface area contributed by atoms with Crippen LogP contribution in [0.25, 0.3) is 0 Å². The van der Waals surface area contributed by atoms with Crippen LogP contribution in [-0.4, -0.2) is 22.4 Å². The molecule has 0 atom stereocenters. The molecule has 5 heteroatoms. The fourth-order valence-corrected chi connectivity index (χ4v) is 0. The van der Waals surface area contributed by atoms with Gasteiger partial charge >= 0.3 is 7.32 Å². The Morgan fingerprint density at radius 1 is 1.00 bits per heavy atom. The Morgan fingerprint density at radius 3 is 1.00 bits per heavy atom. The molecule has 0 aliphatic heterocycles. The van der Waals surface area contributed by atoms with Gasteiger partial charge in [0.25, 0.3) is 0 Å². The molecule has 0 heterocycles. The van der Waals surface area contributed by atoms with E-state index in [4.69, 9.17) is 15.1 Å². The smallest absolute Gasteiger partial charge is 0.402 e. The van der Waals surface area contributed by atoms with E-state index in [1.165, 1.54) is 0 Å². The summed E-state index contributed by atoms with van der Waals surface area (Å²) in [6.45, 7) is 0. The minimum absolute atomic E-state index is 0. The van der Waals surface area contributed by atoms with Crippen molar-refractivity contribution in [1.82, 2.24) is 0 Å². The first-order valence-corrected chi connectivity index (χ1v) is 0.775. The summed E-state index contributed by atoms with van der Waals surface area (Å²) in [5.41, 5.74) is 0. The summed E-state index contributed by atoms with van der Waals surface area (Å²) in [7, 11) is -2.17. The maximum atomic E-state index is 7.17. The van der Waals surface area contributed by atoms with Crippen LogP contribution in [0.2, 0.25) is 0 Å². The third-order valence-electron chi connectivity index (χ3n) is 0. The zero-order valence-electron chi connectivity index (χ0n) is 2.25. The monoisotopic (exact) mass is 221 g/mol. The second-order valence-corrected chi connectivity index (χ2v) is 0.346. The molecule has 0 unspecified atom stereocenters. The summed E-state index contributed by atoms with van der Waals surface area (Å²) in [5.74, 6) is 0. The Bertz CT molecular complexity index is 11.6. The van der Waals surface area contributed by atoms with Crippen molar-refractivity contribution < 1.29 is 53.7 Å². The van der Waals surface area contributed by atoms with Gasteiger partial charge in [-0.2, -0.15) is 0 Å². The number of rotatable bonds is 0. The van der Waals surface area contributed by atoms with Gasteiger partial charge in [-0.25, -0.2) is 0 Å². The van der Waals surface area contributed by atoms with Crippen molar-refractivity contribution in [1.29, 1.82) is 0 Å². The predicted octanol–water partition coefficient (Wildman–Crippen LogP) is -2.05. The van der Waals surface area contributed by atoms with Crippen LogP contribution in [0.1, 0.15) is 0 Å². The van der Waals surface area contributed by atoms with Crippen molar-refractivity contribution in [2.45, 2.75) is 0 Å². The molecular formula is H3BO3Tb. The van der Waals surface area contributed by atoms with Crippen molar-refractivity contribution in [2.75, 3.05) is 0 Å². The standard InChI is InChI=1S/BH3O3.Tb/c2-1(3)4;/h2-4H;. The molecular weight excluding hydrogens is 218 g/mol. The molecule has 0 aromatic carbocycles. The van der Waals surface area contributed by atoms with E-state index in [-0.39, 0.29) is 38.6 Å². The number of hydrogen-bond acceptors (Lipinski definition) is 3. The van der Waals surface area contributed by atoms with E-state index in [0.717, 1.165) is 0 Å². The predicted molar refractivity (Wildman–Crippen MR) is 12.4 cm³/mol. The van der Waals surface area contributed by atoms with Crippen molar-refractivity contribution >= 4 is 7.32 Å². The maximum absolute atomic E-state index is 7.17. The summed E-state index contributed by atoms with van der Waals surface area (Å²) < 4.78 is 0. The third kappa shape index (κ3) is 36.0. The van der Waals surface area contributed by atoms with Gasteiger partial charge in [0.15, 0.2) is 0 Å². The van der Waals surface area contributed by atoms with Crippen LogP contribution in [0.3, 0.4) is 0 Å². The van der Waals surface area contributed by atoms with Gasteiger partial charge in [-0.1, -0.05) is 0 Å². The van der Waals surface area contributed by atoms with Gasteiger partial charge in [-0.15, -0.1) is 0 Å². The Morgan fingerprint density at radius 2 is 1.00 bits per heavy atom. The zero-order valence-corrected chi connectivity index (χ0v) is 4.39. The summed E-state index contributed by atoms with van der Waals surface area (Å²) in [4.78, 5) is 0. The molecule has 0 aromatic rings. The molecule has 0 spiro atoms. The summed E-state index contributed by atoms with van der Waals surface area (Å²) in [6, 6.07) is 0. The van der Waals surface area contributed by atoms with Crippen LogP contribution in [-0.2, 0) is 0 Å². The SMILES string of the molecule is OB(O)O.[Tb]. The molecule has 3 N–H and O–H groups in total. The van der Waals surface area contributed by atoms with Crippen molar-refractivity contribution in [3.05, 3.63) is 0 Å².